The second-order valence-corrected chi connectivity index (χ2v) is 5.90. The Balaban J connectivity index is 1.54. The first kappa shape index (κ1) is 12.5. The average molecular weight is 287 g/mol. The van der Waals surface area contributed by atoms with Gasteiger partial charge in [-0.2, -0.15) is 0 Å². The zero-order chi connectivity index (χ0) is 14.6. The van der Waals surface area contributed by atoms with Gasteiger partial charge in [-0.05, 0) is 18.6 Å². The van der Waals surface area contributed by atoms with Crippen LogP contribution in [0.3, 0.4) is 0 Å². The largest absolute Gasteiger partial charge is 0.508 e. The Morgan fingerprint density at radius 3 is 2.95 bits per heavy atom. The molecule has 2 fully saturated rings. The second-order valence-electron chi connectivity index (χ2n) is 5.90. The molecule has 0 spiro atoms. The Hall–Kier alpha value is -2.21. The number of fused-ring (bicyclic) bond motifs is 3. The van der Waals surface area contributed by atoms with Crippen LogP contribution in [0, 0.1) is 0 Å². The van der Waals surface area contributed by atoms with Gasteiger partial charge in [-0.3, -0.25) is 4.90 Å². The van der Waals surface area contributed by atoms with Crippen LogP contribution in [-0.4, -0.2) is 46.1 Å². The fourth-order valence-electron chi connectivity index (χ4n) is 3.63. The third kappa shape index (κ3) is 1.94. The number of piperazine rings is 1. The number of nitrogens with zero attached hydrogens (tertiary/aromatic N) is 2. The van der Waals surface area contributed by atoms with E-state index in [2.05, 4.69) is 4.90 Å². The zero-order valence-corrected chi connectivity index (χ0v) is 11.5. The Morgan fingerprint density at radius 2 is 2.24 bits per heavy atom. The summed E-state index contributed by atoms with van der Waals surface area (Å²) in [5.74, 6) is 0.209. The molecule has 3 N–H and O–H groups in total. The summed E-state index contributed by atoms with van der Waals surface area (Å²) in [6.45, 7) is 2.38. The predicted octanol–water partition coefficient (Wildman–Crippen LogP) is 1.48. The SMILES string of the molecule is NC(=O)N1C[C@H]2C[C@@H]1CN2Cc1coc2cc(O)ccc12. The van der Waals surface area contributed by atoms with Crippen LogP contribution in [0.5, 0.6) is 5.75 Å². The molecule has 2 amide bonds. The first-order valence-corrected chi connectivity index (χ1v) is 7.11. The van der Waals surface area contributed by atoms with E-state index in [4.69, 9.17) is 10.2 Å². The fourth-order valence-corrected chi connectivity index (χ4v) is 3.63. The Bertz CT molecular complexity index is 711. The molecule has 0 radical (unpaired) electrons. The summed E-state index contributed by atoms with van der Waals surface area (Å²) in [5, 5.41) is 10.5. The van der Waals surface area contributed by atoms with E-state index >= 15 is 0 Å². The number of likely N-dealkylation sites (tertiary alicyclic amines) is 2. The van der Waals surface area contributed by atoms with Crippen molar-refractivity contribution in [1.82, 2.24) is 9.80 Å². The summed E-state index contributed by atoms with van der Waals surface area (Å²) in [4.78, 5) is 15.5. The Morgan fingerprint density at radius 1 is 1.38 bits per heavy atom. The molecule has 3 heterocycles. The van der Waals surface area contributed by atoms with E-state index in [1.807, 2.05) is 6.07 Å². The molecule has 0 saturated carbocycles. The van der Waals surface area contributed by atoms with E-state index in [9.17, 15) is 9.90 Å². The number of hydrogen-bond acceptors (Lipinski definition) is 4. The molecule has 21 heavy (non-hydrogen) atoms. The molecule has 2 aliphatic heterocycles. The zero-order valence-electron chi connectivity index (χ0n) is 11.5. The topological polar surface area (TPSA) is 82.9 Å². The van der Waals surface area contributed by atoms with Crippen LogP contribution in [0.1, 0.15) is 12.0 Å². The van der Waals surface area contributed by atoms with Crippen molar-refractivity contribution in [3.8, 4) is 5.75 Å². The summed E-state index contributed by atoms with van der Waals surface area (Å²) < 4.78 is 5.51. The maximum absolute atomic E-state index is 11.3. The molecule has 1 aromatic carbocycles. The summed E-state index contributed by atoms with van der Waals surface area (Å²) >= 11 is 0. The van der Waals surface area contributed by atoms with Crippen molar-refractivity contribution in [1.29, 1.82) is 0 Å². The minimum atomic E-state index is -0.314. The van der Waals surface area contributed by atoms with Gasteiger partial charge in [-0.1, -0.05) is 0 Å². The lowest BCUT2D eigenvalue weighted by molar-refractivity contribution is 0.137. The van der Waals surface area contributed by atoms with Gasteiger partial charge in [-0.15, -0.1) is 0 Å². The van der Waals surface area contributed by atoms with Crippen LogP contribution in [0.15, 0.2) is 28.9 Å². The number of carbonyl (C=O) groups is 1. The van der Waals surface area contributed by atoms with Crippen molar-refractivity contribution in [2.45, 2.75) is 25.0 Å². The van der Waals surface area contributed by atoms with Gasteiger partial charge in [0, 0.05) is 48.7 Å². The number of urea groups is 1. The van der Waals surface area contributed by atoms with E-state index in [1.54, 1.807) is 23.3 Å². The number of phenols is 1. The number of benzene rings is 1. The molecule has 6 nitrogen and oxygen atoms in total. The van der Waals surface area contributed by atoms with Crippen LogP contribution >= 0.6 is 0 Å². The van der Waals surface area contributed by atoms with Crippen LogP contribution in [0.4, 0.5) is 4.79 Å². The van der Waals surface area contributed by atoms with E-state index < -0.39 is 0 Å². The molecule has 2 aromatic rings. The molecule has 2 saturated heterocycles. The van der Waals surface area contributed by atoms with Crippen LogP contribution in [0.25, 0.3) is 11.0 Å². The van der Waals surface area contributed by atoms with Crippen molar-refractivity contribution in [3.05, 3.63) is 30.0 Å². The van der Waals surface area contributed by atoms with Crippen molar-refractivity contribution in [3.63, 3.8) is 0 Å². The highest BCUT2D eigenvalue weighted by Gasteiger charge is 2.44. The predicted molar refractivity (Wildman–Crippen MR) is 76.8 cm³/mol. The normalized spacial score (nSPS) is 25.0. The lowest BCUT2D eigenvalue weighted by Gasteiger charge is -2.32. The number of aromatic hydroxyl groups is 1. The summed E-state index contributed by atoms with van der Waals surface area (Å²) in [7, 11) is 0. The maximum Gasteiger partial charge on any atom is 0.315 e. The van der Waals surface area contributed by atoms with Crippen molar-refractivity contribution in [2.24, 2.45) is 5.73 Å². The number of hydrogen-bond donors (Lipinski definition) is 2. The minimum Gasteiger partial charge on any atom is -0.508 e. The first-order chi connectivity index (χ1) is 10.1. The highest BCUT2D eigenvalue weighted by atomic mass is 16.3. The second kappa shape index (κ2) is 4.39. The van der Waals surface area contributed by atoms with Crippen LogP contribution < -0.4 is 5.73 Å². The molecule has 0 unspecified atom stereocenters. The van der Waals surface area contributed by atoms with Gasteiger partial charge in [0.05, 0.1) is 6.26 Å². The van der Waals surface area contributed by atoms with Gasteiger partial charge >= 0.3 is 6.03 Å². The number of primary amides is 1. The van der Waals surface area contributed by atoms with E-state index in [0.717, 1.165) is 37.0 Å². The molecule has 1 aromatic heterocycles. The molecule has 2 aliphatic rings. The van der Waals surface area contributed by atoms with E-state index in [1.165, 1.54) is 0 Å². The number of carbonyl (C=O) groups excluding carboxylic acids is 1. The molecule has 2 bridgehead atoms. The van der Waals surface area contributed by atoms with Crippen LogP contribution in [-0.2, 0) is 6.54 Å². The Labute approximate surface area is 121 Å². The highest BCUT2D eigenvalue weighted by Crippen LogP contribution is 2.33. The number of furan rings is 1. The third-order valence-electron chi connectivity index (χ3n) is 4.65. The van der Waals surface area contributed by atoms with Crippen molar-refractivity contribution < 1.29 is 14.3 Å². The van der Waals surface area contributed by atoms with Gasteiger partial charge < -0.3 is 20.2 Å². The quantitative estimate of drug-likeness (QED) is 0.876. The van der Waals surface area contributed by atoms with Crippen LogP contribution in [0.2, 0.25) is 0 Å². The monoisotopic (exact) mass is 287 g/mol. The van der Waals surface area contributed by atoms with Gasteiger partial charge in [0.2, 0.25) is 0 Å². The average Bonchev–Trinajstić information content (AvgIpc) is 3.12. The number of phenolic OH excluding ortho intramolecular Hbond substituents is 1. The molecule has 110 valence electrons. The number of rotatable bonds is 2. The minimum absolute atomic E-state index is 0.209. The highest BCUT2D eigenvalue weighted by molar-refractivity contribution is 5.82. The maximum atomic E-state index is 11.3. The molecule has 6 heteroatoms. The van der Waals surface area contributed by atoms with Gasteiger partial charge in [0.25, 0.3) is 0 Å². The number of amides is 2. The van der Waals surface area contributed by atoms with Gasteiger partial charge in [0.15, 0.2) is 0 Å². The number of nitrogens with two attached hydrogens (primary N) is 1. The summed E-state index contributed by atoms with van der Waals surface area (Å²) in [5.41, 5.74) is 7.20. The van der Waals surface area contributed by atoms with Crippen molar-refractivity contribution in [2.75, 3.05) is 13.1 Å². The molecule has 0 aliphatic carbocycles. The lowest BCUT2D eigenvalue weighted by atomic mass is 10.1. The van der Waals surface area contributed by atoms with E-state index in [-0.39, 0.29) is 17.8 Å². The third-order valence-corrected chi connectivity index (χ3v) is 4.65. The van der Waals surface area contributed by atoms with E-state index in [0.29, 0.717) is 11.6 Å². The lowest BCUT2D eigenvalue weighted by Crippen LogP contribution is -2.50. The fraction of sp³-hybridized carbons (Fsp3) is 0.400. The standard InChI is InChI=1S/C15H17N3O3/c16-15(20)18-7-10-3-11(18)6-17(10)5-9-8-21-14-4-12(19)1-2-13(9)14/h1-2,4,8,10-11,19H,3,5-7H2,(H2,16,20)/t10-,11-/m1/s1. The first-order valence-electron chi connectivity index (χ1n) is 7.11. The smallest absolute Gasteiger partial charge is 0.315 e. The molecular formula is C15H17N3O3. The molecular weight excluding hydrogens is 270 g/mol. The van der Waals surface area contributed by atoms with Crippen molar-refractivity contribution >= 4 is 17.0 Å². The molecule has 4 rings (SSSR count). The Kier molecular flexibility index (Phi) is 2.62. The van der Waals surface area contributed by atoms with Gasteiger partial charge in [0.1, 0.15) is 11.3 Å². The summed E-state index contributed by atoms with van der Waals surface area (Å²) in [6, 6.07) is 5.49. The summed E-state index contributed by atoms with van der Waals surface area (Å²) in [6.07, 6.45) is 2.75. The van der Waals surface area contributed by atoms with Gasteiger partial charge in [-0.25, -0.2) is 4.79 Å². The molecule has 2 atom stereocenters.